The van der Waals surface area contributed by atoms with E-state index >= 15 is 0 Å². The second-order valence-electron chi connectivity index (χ2n) is 8.01. The van der Waals surface area contributed by atoms with Gasteiger partial charge in [-0.2, -0.15) is 0 Å². The van der Waals surface area contributed by atoms with Gasteiger partial charge in [-0.25, -0.2) is 14.4 Å². The molecule has 0 radical (unpaired) electrons. The van der Waals surface area contributed by atoms with Crippen LogP contribution in [0.4, 0.5) is 4.39 Å². The van der Waals surface area contributed by atoms with Crippen LogP contribution in [0.5, 0.6) is 5.75 Å². The summed E-state index contributed by atoms with van der Waals surface area (Å²) in [6.45, 7) is 10.0. The lowest BCUT2D eigenvalue weighted by Gasteiger charge is -2.43. The van der Waals surface area contributed by atoms with Gasteiger partial charge in [0.15, 0.2) is 0 Å². The van der Waals surface area contributed by atoms with Crippen LogP contribution in [0.15, 0.2) is 46.5 Å². The van der Waals surface area contributed by atoms with Crippen LogP contribution in [0.2, 0.25) is 0 Å². The van der Waals surface area contributed by atoms with Gasteiger partial charge in [-0.05, 0) is 31.5 Å². The molecular weight excluding hydrogens is 417 g/mol. The van der Waals surface area contributed by atoms with E-state index in [2.05, 4.69) is 26.8 Å². The van der Waals surface area contributed by atoms with E-state index in [1.54, 1.807) is 29.0 Å². The van der Waals surface area contributed by atoms with Crippen LogP contribution in [-0.2, 0) is 25.2 Å². The van der Waals surface area contributed by atoms with Crippen LogP contribution in [0.3, 0.4) is 0 Å². The number of hydrogen-bond donors (Lipinski definition) is 2. The molecule has 1 aromatic carbocycles. The highest BCUT2D eigenvalue weighted by Gasteiger charge is 2.38. The van der Waals surface area contributed by atoms with Crippen molar-refractivity contribution in [2.75, 3.05) is 6.54 Å². The molecule has 0 unspecified atom stereocenters. The van der Waals surface area contributed by atoms with E-state index in [0.717, 1.165) is 11.3 Å². The van der Waals surface area contributed by atoms with Gasteiger partial charge in [0.2, 0.25) is 5.75 Å². The lowest BCUT2D eigenvalue weighted by atomic mass is 9.97. The summed E-state index contributed by atoms with van der Waals surface area (Å²) in [5, 5.41) is 15.6. The van der Waals surface area contributed by atoms with Crippen molar-refractivity contribution in [3.05, 3.63) is 80.7 Å². The molecule has 0 atom stereocenters. The molecule has 0 spiro atoms. The zero-order valence-corrected chi connectivity index (χ0v) is 18.2. The van der Waals surface area contributed by atoms with Gasteiger partial charge in [0, 0.05) is 31.6 Å². The third-order valence-electron chi connectivity index (χ3n) is 5.62. The first-order valence-electron chi connectivity index (χ1n) is 9.91. The molecular formula is C22H24FN5O2S. The largest absolute Gasteiger partial charge is 0.501 e. The summed E-state index contributed by atoms with van der Waals surface area (Å²) in [5.41, 5.74) is 3.03. The minimum absolute atomic E-state index is 0.127. The molecule has 0 fully saturated rings. The van der Waals surface area contributed by atoms with Gasteiger partial charge in [0.05, 0.1) is 22.4 Å². The third kappa shape index (κ3) is 4.11. The number of nitrogens with one attached hydrogen (secondary N) is 1. The smallest absolute Gasteiger partial charge is 0.296 e. The minimum Gasteiger partial charge on any atom is -0.501 e. The predicted octanol–water partition coefficient (Wildman–Crippen LogP) is 3.06. The van der Waals surface area contributed by atoms with Crippen molar-refractivity contribution in [1.82, 2.24) is 24.8 Å². The van der Waals surface area contributed by atoms with E-state index in [1.165, 1.54) is 16.7 Å². The fourth-order valence-electron chi connectivity index (χ4n) is 3.75. The fourth-order valence-corrected chi connectivity index (χ4v) is 4.30. The van der Waals surface area contributed by atoms with Crippen molar-refractivity contribution < 1.29 is 9.50 Å². The Hall–Kier alpha value is -3.04. The summed E-state index contributed by atoms with van der Waals surface area (Å²) in [7, 11) is 0. The molecule has 7 nitrogen and oxygen atoms in total. The Labute approximate surface area is 183 Å². The Kier molecular flexibility index (Phi) is 5.63. The average molecular weight is 442 g/mol. The predicted molar refractivity (Wildman–Crippen MR) is 118 cm³/mol. The number of hydrogen-bond acceptors (Lipinski definition) is 7. The summed E-state index contributed by atoms with van der Waals surface area (Å²) < 4.78 is 14.6. The van der Waals surface area contributed by atoms with Crippen molar-refractivity contribution in [2.24, 2.45) is 0 Å². The Morgan fingerprint density at radius 2 is 2.06 bits per heavy atom. The highest BCUT2D eigenvalue weighted by molar-refractivity contribution is 7.07. The third-order valence-corrected chi connectivity index (χ3v) is 6.25. The number of nitrogens with zero attached hydrogens (tertiary/aromatic N) is 4. The molecule has 1 aliphatic heterocycles. The second kappa shape index (κ2) is 8.24. The van der Waals surface area contributed by atoms with E-state index in [-0.39, 0.29) is 11.5 Å². The number of rotatable bonds is 6. The van der Waals surface area contributed by atoms with E-state index in [0.29, 0.717) is 37.7 Å². The Balaban J connectivity index is 1.62. The van der Waals surface area contributed by atoms with Crippen LogP contribution in [0.25, 0.3) is 5.70 Å². The lowest BCUT2D eigenvalue weighted by molar-refractivity contribution is 0.0646. The highest BCUT2D eigenvalue weighted by Crippen LogP contribution is 2.32. The van der Waals surface area contributed by atoms with Crippen molar-refractivity contribution in [1.29, 1.82) is 0 Å². The second-order valence-corrected chi connectivity index (χ2v) is 8.73. The summed E-state index contributed by atoms with van der Waals surface area (Å²) in [4.78, 5) is 24.1. The first kappa shape index (κ1) is 21.2. The maximum Gasteiger partial charge on any atom is 0.296 e. The number of benzene rings is 1. The molecule has 31 heavy (non-hydrogen) atoms. The molecule has 0 amide bonds. The van der Waals surface area contributed by atoms with Crippen LogP contribution < -0.4 is 10.9 Å². The zero-order chi connectivity index (χ0) is 22.2. The number of halogens is 1. The normalized spacial score (nSPS) is 15.5. The highest BCUT2D eigenvalue weighted by atomic mass is 32.1. The zero-order valence-electron chi connectivity index (χ0n) is 17.4. The number of aromatic hydroxyl groups is 1. The van der Waals surface area contributed by atoms with Crippen molar-refractivity contribution in [3.63, 3.8) is 0 Å². The monoisotopic (exact) mass is 441 g/mol. The van der Waals surface area contributed by atoms with Gasteiger partial charge in [-0.15, -0.1) is 11.3 Å². The number of aromatic nitrogens is 3. The molecule has 9 heteroatoms. The molecule has 0 bridgehead atoms. The van der Waals surface area contributed by atoms with E-state index in [4.69, 9.17) is 0 Å². The Morgan fingerprint density at radius 3 is 2.74 bits per heavy atom. The van der Waals surface area contributed by atoms with Gasteiger partial charge in [-0.1, -0.05) is 18.7 Å². The molecule has 2 aromatic heterocycles. The Bertz CT molecular complexity index is 1160. The summed E-state index contributed by atoms with van der Waals surface area (Å²) in [6.07, 6.45) is 0. The Morgan fingerprint density at radius 1 is 1.32 bits per heavy atom. The van der Waals surface area contributed by atoms with Crippen LogP contribution in [-0.4, -0.2) is 31.1 Å². The molecule has 3 aromatic rings. The van der Waals surface area contributed by atoms with Crippen LogP contribution >= 0.6 is 11.3 Å². The summed E-state index contributed by atoms with van der Waals surface area (Å²) >= 11 is 1.55. The lowest BCUT2D eigenvalue weighted by Crippen LogP contribution is -2.52. The molecule has 2 N–H and O–H groups in total. The summed E-state index contributed by atoms with van der Waals surface area (Å²) in [5.74, 6) is -0.172. The van der Waals surface area contributed by atoms with Crippen LogP contribution in [0.1, 0.15) is 36.6 Å². The first-order valence-corrected chi connectivity index (χ1v) is 10.9. The topological polar surface area (TPSA) is 83.3 Å². The average Bonchev–Trinajstić information content (AvgIpc) is 3.25. The molecule has 4 rings (SSSR count). The van der Waals surface area contributed by atoms with E-state index < -0.39 is 16.8 Å². The molecule has 3 heterocycles. The van der Waals surface area contributed by atoms with E-state index in [9.17, 15) is 14.3 Å². The van der Waals surface area contributed by atoms with Crippen molar-refractivity contribution in [2.45, 2.75) is 39.0 Å². The van der Waals surface area contributed by atoms with E-state index in [1.807, 2.05) is 19.2 Å². The minimum atomic E-state index is -0.555. The quantitative estimate of drug-likeness (QED) is 0.612. The van der Waals surface area contributed by atoms with Gasteiger partial charge in [0.1, 0.15) is 17.3 Å². The van der Waals surface area contributed by atoms with Crippen LogP contribution in [0, 0.1) is 5.82 Å². The maximum atomic E-state index is 13.1. The maximum absolute atomic E-state index is 13.1. The van der Waals surface area contributed by atoms with Crippen molar-refractivity contribution >= 4 is 17.0 Å². The molecule has 0 saturated heterocycles. The number of thiazole rings is 1. The fraction of sp³-hybridized carbons (Fsp3) is 0.318. The van der Waals surface area contributed by atoms with Gasteiger partial charge in [0.25, 0.3) is 5.56 Å². The molecule has 0 saturated carbocycles. The van der Waals surface area contributed by atoms with Gasteiger partial charge < -0.3 is 10.4 Å². The van der Waals surface area contributed by atoms with Gasteiger partial charge in [-0.3, -0.25) is 14.3 Å². The number of fused-ring (bicyclic) bond motifs is 1. The standard InChI is InChI=1S/C22H24FN5O2S/c1-14(24-10-15-4-6-16(23)7-5-15)18-19(29)20(30)28-9-8-27(11-17-12-31-13-25-17)22(2,3)21(28)26-18/h4-7,12-13,24,29H,1,8-11H2,2-3H3. The molecule has 0 aliphatic carbocycles. The van der Waals surface area contributed by atoms with Crippen molar-refractivity contribution in [3.8, 4) is 5.75 Å². The SMILES string of the molecule is C=C(NCc1ccc(F)cc1)c1nc2n(c(=O)c1O)CCN(Cc1cscn1)C2(C)C. The summed E-state index contributed by atoms with van der Waals surface area (Å²) in [6, 6.07) is 6.06. The molecule has 162 valence electrons. The van der Waals surface area contributed by atoms with Gasteiger partial charge >= 0.3 is 0 Å². The first-order chi connectivity index (χ1) is 14.8. The molecule has 1 aliphatic rings.